The Hall–Kier alpha value is -4.18. The van der Waals surface area contributed by atoms with E-state index in [4.69, 9.17) is 0 Å². The van der Waals surface area contributed by atoms with Crippen molar-refractivity contribution in [3.05, 3.63) is 79.1 Å². The molecule has 1 saturated heterocycles. The van der Waals surface area contributed by atoms with E-state index >= 15 is 0 Å². The van der Waals surface area contributed by atoms with Gasteiger partial charge in [0.05, 0.1) is 23.1 Å². The molecule has 2 unspecified atom stereocenters. The number of likely N-dealkylation sites (tertiary alicyclic amines) is 1. The number of aromatic nitrogens is 2. The summed E-state index contributed by atoms with van der Waals surface area (Å²) >= 11 is 1.36. The molecule has 6 rings (SSSR count). The van der Waals surface area contributed by atoms with Crippen LogP contribution in [0.1, 0.15) is 24.4 Å². The van der Waals surface area contributed by atoms with Gasteiger partial charge in [-0.05, 0) is 37.1 Å². The number of piperidine rings is 1. The van der Waals surface area contributed by atoms with Gasteiger partial charge in [-0.3, -0.25) is 19.5 Å². The second-order valence-corrected chi connectivity index (χ2v) is 10.6. The number of hydrogen-bond acceptors (Lipinski definition) is 6. The largest absolute Gasteiger partial charge is 0.351 e. The Morgan fingerprint density at radius 1 is 1.13 bits per heavy atom. The van der Waals surface area contributed by atoms with Crippen LogP contribution in [0.25, 0.3) is 11.3 Å². The average Bonchev–Trinajstić information content (AvgIpc) is 3.33. The summed E-state index contributed by atoms with van der Waals surface area (Å²) in [6.45, 7) is 4.66. The second kappa shape index (κ2) is 9.94. The highest BCUT2D eigenvalue weighted by molar-refractivity contribution is 8.01. The summed E-state index contributed by atoms with van der Waals surface area (Å²) in [7, 11) is 0. The number of rotatable bonds is 5. The highest BCUT2D eigenvalue weighted by atomic mass is 32.2. The van der Waals surface area contributed by atoms with Gasteiger partial charge in [-0.25, -0.2) is 9.78 Å². The number of hydrogen-bond donors (Lipinski definition) is 2. The molecule has 3 aromatic rings. The third kappa shape index (κ3) is 4.30. The van der Waals surface area contributed by atoms with Gasteiger partial charge in [-0.15, -0.1) is 0 Å². The van der Waals surface area contributed by atoms with E-state index in [9.17, 15) is 14.4 Å². The molecular weight excluding hydrogens is 500 g/mol. The Bertz CT molecular complexity index is 1430. The zero-order valence-electron chi connectivity index (χ0n) is 20.5. The quantitative estimate of drug-likeness (QED) is 0.490. The standard InChI is InChI=1S/C28H26N6O3S/c1-2-22(35)33-14-6-9-18(16-33)31-26(36)25-24-23-21(11-13-30-27(23)38-25)34(28(37)32-24)19-10-12-29-20(15-19)17-7-4-3-5-8-17/h2-5,7-8,10-13,15,18,24-25H,1,6,9,14,16H2,(H,31,36)(H,32,37)/t18?,24?,25-/m1/s1. The first kappa shape index (κ1) is 24.2. The highest BCUT2D eigenvalue weighted by Crippen LogP contribution is 2.50. The number of pyridine rings is 2. The van der Waals surface area contributed by atoms with Gasteiger partial charge in [0.25, 0.3) is 0 Å². The monoisotopic (exact) mass is 526 g/mol. The molecule has 3 aliphatic rings. The number of amides is 4. The minimum absolute atomic E-state index is 0.133. The van der Waals surface area contributed by atoms with Crippen LogP contribution in [-0.2, 0) is 9.59 Å². The van der Waals surface area contributed by atoms with Crippen molar-refractivity contribution in [3.8, 4) is 11.3 Å². The molecule has 0 spiro atoms. The average molecular weight is 527 g/mol. The summed E-state index contributed by atoms with van der Waals surface area (Å²) < 4.78 is 0. The molecule has 0 radical (unpaired) electrons. The molecule has 5 heterocycles. The molecule has 38 heavy (non-hydrogen) atoms. The van der Waals surface area contributed by atoms with Crippen LogP contribution < -0.4 is 15.5 Å². The summed E-state index contributed by atoms with van der Waals surface area (Å²) in [5, 5.41) is 6.32. The second-order valence-electron chi connectivity index (χ2n) is 9.45. The number of nitrogens with zero attached hydrogens (tertiary/aromatic N) is 4. The van der Waals surface area contributed by atoms with Crippen LogP contribution in [0.5, 0.6) is 0 Å². The first-order valence-electron chi connectivity index (χ1n) is 12.5. The van der Waals surface area contributed by atoms with Crippen LogP contribution in [0.4, 0.5) is 16.2 Å². The molecule has 0 aliphatic carbocycles. The Labute approximate surface area is 224 Å². The Morgan fingerprint density at radius 2 is 1.95 bits per heavy atom. The SMILES string of the molecule is C=CC(=O)N1CCCC(NC(=O)[C@@H]2Sc3nccc4c3C2NC(=O)N4c2ccnc(-c3ccccc3)c2)C1. The van der Waals surface area contributed by atoms with Gasteiger partial charge in [-0.2, -0.15) is 0 Å². The molecule has 1 aromatic carbocycles. The smallest absolute Gasteiger partial charge is 0.327 e. The molecule has 2 N–H and O–H groups in total. The maximum absolute atomic E-state index is 13.5. The van der Waals surface area contributed by atoms with Gasteiger partial charge >= 0.3 is 6.03 Å². The van der Waals surface area contributed by atoms with Crippen molar-refractivity contribution in [1.82, 2.24) is 25.5 Å². The normalized spacial score (nSPS) is 21.9. The number of benzene rings is 1. The summed E-state index contributed by atoms with van der Waals surface area (Å²) in [4.78, 5) is 51.3. The Kier molecular flexibility index (Phi) is 6.32. The van der Waals surface area contributed by atoms with Crippen molar-refractivity contribution in [2.45, 2.75) is 35.2 Å². The molecule has 9 nitrogen and oxygen atoms in total. The lowest BCUT2D eigenvalue weighted by Gasteiger charge is -2.35. The summed E-state index contributed by atoms with van der Waals surface area (Å²) in [6.07, 6.45) is 6.25. The number of thioether (sulfide) groups is 1. The maximum atomic E-state index is 13.5. The summed E-state index contributed by atoms with van der Waals surface area (Å²) in [5.41, 5.74) is 3.93. The molecule has 4 amide bonds. The van der Waals surface area contributed by atoms with E-state index in [0.29, 0.717) is 24.5 Å². The number of carbonyl (C=O) groups excluding carboxylic acids is 3. The molecule has 10 heteroatoms. The molecular formula is C28H26N6O3S. The van der Waals surface area contributed by atoms with Crippen molar-refractivity contribution >= 4 is 41.0 Å². The van der Waals surface area contributed by atoms with E-state index in [2.05, 4.69) is 27.2 Å². The fourth-order valence-electron chi connectivity index (χ4n) is 5.31. The van der Waals surface area contributed by atoms with Gasteiger partial charge in [0.2, 0.25) is 11.8 Å². The van der Waals surface area contributed by atoms with Crippen molar-refractivity contribution in [2.24, 2.45) is 0 Å². The first-order chi connectivity index (χ1) is 18.5. The third-order valence-corrected chi connectivity index (χ3v) is 8.38. The molecule has 0 bridgehead atoms. The fraction of sp³-hybridized carbons (Fsp3) is 0.250. The van der Waals surface area contributed by atoms with Crippen molar-refractivity contribution in [2.75, 3.05) is 18.0 Å². The zero-order chi connectivity index (χ0) is 26.2. The van der Waals surface area contributed by atoms with Gasteiger partial charge in [0.15, 0.2) is 0 Å². The molecule has 192 valence electrons. The van der Waals surface area contributed by atoms with E-state index in [0.717, 1.165) is 34.7 Å². The lowest BCUT2D eigenvalue weighted by atomic mass is 9.99. The predicted octanol–water partition coefficient (Wildman–Crippen LogP) is 3.81. The van der Waals surface area contributed by atoms with Crippen molar-refractivity contribution in [1.29, 1.82) is 0 Å². The van der Waals surface area contributed by atoms with Crippen LogP contribution in [-0.4, -0.2) is 57.1 Å². The molecule has 1 fully saturated rings. The number of nitrogens with one attached hydrogen (secondary N) is 2. The van der Waals surface area contributed by atoms with Crippen LogP contribution in [0, 0.1) is 0 Å². The molecule has 3 atom stereocenters. The number of anilines is 2. The van der Waals surface area contributed by atoms with E-state index in [1.807, 2.05) is 42.5 Å². The van der Waals surface area contributed by atoms with Gasteiger partial charge in [0.1, 0.15) is 10.3 Å². The zero-order valence-corrected chi connectivity index (χ0v) is 21.4. The fourth-order valence-corrected chi connectivity index (χ4v) is 6.55. The first-order valence-corrected chi connectivity index (χ1v) is 13.4. The van der Waals surface area contributed by atoms with Crippen molar-refractivity contribution < 1.29 is 14.4 Å². The molecule has 3 aliphatic heterocycles. The van der Waals surface area contributed by atoms with Crippen LogP contribution in [0.3, 0.4) is 0 Å². The minimum Gasteiger partial charge on any atom is -0.351 e. The molecule has 0 saturated carbocycles. The van der Waals surface area contributed by atoms with Crippen LogP contribution >= 0.6 is 11.8 Å². The topological polar surface area (TPSA) is 108 Å². The van der Waals surface area contributed by atoms with Crippen molar-refractivity contribution in [3.63, 3.8) is 0 Å². The number of urea groups is 1. The lowest BCUT2D eigenvalue weighted by Crippen LogP contribution is -2.53. The number of carbonyl (C=O) groups is 3. The van der Waals surface area contributed by atoms with Gasteiger partial charge in [-0.1, -0.05) is 48.7 Å². The summed E-state index contributed by atoms with van der Waals surface area (Å²) in [5.74, 6) is -0.308. The lowest BCUT2D eigenvalue weighted by molar-refractivity contribution is -0.129. The third-order valence-electron chi connectivity index (χ3n) is 7.09. The van der Waals surface area contributed by atoms with E-state index in [-0.39, 0.29) is 23.9 Å². The Morgan fingerprint density at radius 3 is 2.76 bits per heavy atom. The van der Waals surface area contributed by atoms with Crippen LogP contribution in [0.15, 0.2) is 78.6 Å². The van der Waals surface area contributed by atoms with Crippen LogP contribution in [0.2, 0.25) is 0 Å². The molecule has 2 aromatic heterocycles. The maximum Gasteiger partial charge on any atom is 0.327 e. The van der Waals surface area contributed by atoms with Gasteiger partial charge < -0.3 is 15.5 Å². The predicted molar refractivity (Wildman–Crippen MR) is 145 cm³/mol. The highest BCUT2D eigenvalue weighted by Gasteiger charge is 2.47. The van der Waals surface area contributed by atoms with E-state index in [1.54, 1.807) is 28.3 Å². The Balaban J connectivity index is 1.26. The van der Waals surface area contributed by atoms with Gasteiger partial charge in [0, 0.05) is 42.7 Å². The van der Waals surface area contributed by atoms with E-state index < -0.39 is 11.3 Å². The minimum atomic E-state index is -0.562. The van der Waals surface area contributed by atoms with E-state index in [1.165, 1.54) is 17.8 Å². The summed E-state index contributed by atoms with van der Waals surface area (Å²) in [6, 6.07) is 14.3.